The molecular formula is C84H77B2N6OPt-3. The molecule has 468 valence electrons. The van der Waals surface area contributed by atoms with E-state index in [9.17, 15) is 2.74 Å². The monoisotopic (exact) mass is 1410 g/mol. The fourth-order valence-corrected chi connectivity index (χ4v) is 12.8. The number of pyridine rings is 1. The van der Waals surface area contributed by atoms with Crippen LogP contribution in [0.25, 0.3) is 49.7 Å². The van der Waals surface area contributed by atoms with Gasteiger partial charge in [0.25, 0.3) is 0 Å². The van der Waals surface area contributed by atoms with Crippen LogP contribution in [0.2, 0.25) is 0 Å². The zero-order valence-corrected chi connectivity index (χ0v) is 57.1. The van der Waals surface area contributed by atoms with Gasteiger partial charge in [-0.05, 0) is 145 Å². The van der Waals surface area contributed by atoms with Crippen LogP contribution in [0, 0.1) is 18.8 Å². The Balaban J connectivity index is 0.00000914. The van der Waals surface area contributed by atoms with E-state index in [0.29, 0.717) is 33.6 Å². The number of anilines is 4. The van der Waals surface area contributed by atoms with Crippen LogP contribution in [-0.2, 0) is 42.7 Å². The number of allylic oxidation sites excluding steroid dienone is 8. The smallest absolute Gasteiger partial charge is 0.182 e. The molecule has 0 atom stereocenters. The SMILES string of the molecule is [2H]c1c([2H])c([2H])c2c(c1[2H])c1ccc(Oc3[c-]c(N4[CH-]N(c5c(/C6=C/C=C\N/C=C\C=C/[B]6)cc(C(C)(C)C)cc5/C5=C/C=C\N/C=C\C=C/[B]5)c5ccccc54)cc(-c4c(C(C)(C)C)cccc4C(C)(C)C)c3)[c-]c1n2-c1cc(C(C)(c2ccccc2)c2ccccc2)ccn1.[Pt]. The van der Waals surface area contributed by atoms with Crippen molar-refractivity contribution in [2.75, 3.05) is 9.80 Å². The first-order valence-electron chi connectivity index (χ1n) is 33.8. The number of aromatic nitrogens is 2. The third kappa shape index (κ3) is 13.0. The number of fused-ring (bicyclic) bond motifs is 4. The minimum atomic E-state index is -0.651. The summed E-state index contributed by atoms with van der Waals surface area (Å²) in [5, 5.41) is 7.49. The van der Waals surface area contributed by atoms with Crippen molar-refractivity contribution in [2.24, 2.45) is 0 Å². The first kappa shape index (κ1) is 59.5. The molecule has 3 aliphatic rings. The standard InChI is InChI=1S/C84H77B2N6O.Pt/c1-81(2,3)62-52-68(72-35-26-47-87-45-23-21-43-85-72)80(69(53-62)73-36-27-48-88-46-24-22-44-86-73)91-57-90(75-38-19-20-39-76(75)91)63-50-58(79-70(82(4,5)6)33-25-34-71(79)83(7,8)9)51-65(55-63)93-64-40-41-67-66-32-17-18-37-74(66)92(77(67)56-64)78-54-61(42-49-89-78)84(10,59-28-13-11-14-29-59)60-30-15-12-16-31-60;/h11-54,57,87-88H,1-10H3;/q-3;/b43-21-,44-22-,45-23-,46-24-,47-26-,48-27-,72-35-,73-36-;/i17D,18D,32D,37D;. The topological polar surface area (TPSA) is 57.6 Å². The molecule has 0 saturated carbocycles. The number of nitrogens with one attached hydrogen (secondary N) is 2. The van der Waals surface area contributed by atoms with Gasteiger partial charge in [0.05, 0.1) is 5.48 Å². The van der Waals surface area contributed by atoms with E-state index in [0.717, 1.165) is 72.6 Å². The van der Waals surface area contributed by atoms with Crippen molar-refractivity contribution in [2.45, 2.75) is 90.9 Å². The summed E-state index contributed by atoms with van der Waals surface area (Å²) in [4.78, 5) is 9.58. The summed E-state index contributed by atoms with van der Waals surface area (Å²) >= 11 is 0. The fraction of sp³-hybridized carbons (Fsp3) is 0.167. The molecule has 0 fully saturated rings. The van der Waals surface area contributed by atoms with Gasteiger partial charge < -0.3 is 29.7 Å². The second-order valence-corrected chi connectivity index (χ2v) is 27.0. The molecule has 5 heterocycles. The Morgan fingerprint density at radius 1 is 0.521 bits per heavy atom. The van der Waals surface area contributed by atoms with E-state index in [1.807, 2.05) is 114 Å². The maximum Gasteiger partial charge on any atom is 0.182 e. The molecule has 10 heteroatoms. The molecule has 7 nitrogen and oxygen atoms in total. The predicted molar refractivity (Wildman–Crippen MR) is 393 cm³/mol. The predicted octanol–water partition coefficient (Wildman–Crippen LogP) is 20.3. The number of hydrogen-bond acceptors (Lipinski definition) is 6. The zero-order chi connectivity index (χ0) is 68.0. The van der Waals surface area contributed by atoms with E-state index < -0.39 is 5.41 Å². The summed E-state index contributed by atoms with van der Waals surface area (Å²) < 4.78 is 46.1. The summed E-state index contributed by atoms with van der Waals surface area (Å²) in [5.41, 5.74) is 15.6. The van der Waals surface area contributed by atoms with Crippen LogP contribution >= 0.6 is 0 Å². The number of nitrogens with zero attached hydrogens (tertiary/aromatic N) is 4. The largest absolute Gasteiger partial charge is 0.509 e. The second kappa shape index (κ2) is 26.8. The molecule has 0 spiro atoms. The van der Waals surface area contributed by atoms with E-state index in [4.69, 9.17) is 12.5 Å². The number of rotatable bonds is 11. The Morgan fingerprint density at radius 2 is 1.10 bits per heavy atom. The Labute approximate surface area is 577 Å². The van der Waals surface area contributed by atoms with Gasteiger partial charge in [-0.2, -0.15) is 6.07 Å². The fourth-order valence-electron chi connectivity index (χ4n) is 12.8. The Bertz CT molecular complexity index is 4820. The minimum Gasteiger partial charge on any atom is -0.509 e. The average molecular weight is 1410 g/mol. The van der Waals surface area contributed by atoms with Gasteiger partial charge in [0, 0.05) is 91.6 Å². The molecule has 94 heavy (non-hydrogen) atoms. The normalized spacial score (nSPS) is 18.1. The molecule has 0 bridgehead atoms. The molecule has 0 aliphatic carbocycles. The molecule has 10 aromatic rings. The van der Waals surface area contributed by atoms with Crippen LogP contribution in [0.5, 0.6) is 11.5 Å². The summed E-state index contributed by atoms with van der Waals surface area (Å²) in [6.07, 6.45) is 26.0. The average Bonchev–Trinajstić information content (AvgIpc) is 1.56. The second-order valence-electron chi connectivity index (χ2n) is 27.0. The van der Waals surface area contributed by atoms with Crippen molar-refractivity contribution in [1.82, 2.24) is 20.2 Å². The van der Waals surface area contributed by atoms with Gasteiger partial charge in [-0.3, -0.25) is 0 Å². The van der Waals surface area contributed by atoms with Gasteiger partial charge in [0.2, 0.25) is 0 Å². The summed E-state index contributed by atoms with van der Waals surface area (Å²) in [7, 11) is 4.36. The van der Waals surface area contributed by atoms with Crippen LogP contribution in [0.4, 0.5) is 22.7 Å². The molecule has 2 N–H and O–H groups in total. The van der Waals surface area contributed by atoms with Crippen LogP contribution in [0.3, 0.4) is 0 Å². The molecule has 2 aromatic heterocycles. The Kier molecular flexibility index (Phi) is 17.0. The Morgan fingerprint density at radius 3 is 1.69 bits per heavy atom. The molecule has 0 amide bonds. The van der Waals surface area contributed by atoms with E-state index in [1.54, 1.807) is 6.20 Å². The summed E-state index contributed by atoms with van der Waals surface area (Å²) in [6, 6.07) is 59.2. The molecular weight excluding hydrogens is 1330 g/mol. The molecule has 2 radical (unpaired) electrons. The maximum absolute atomic E-state index is 9.58. The summed E-state index contributed by atoms with van der Waals surface area (Å²) in [5.74, 6) is 5.40. The van der Waals surface area contributed by atoms with E-state index >= 15 is 0 Å². The van der Waals surface area contributed by atoms with Gasteiger partial charge >= 0.3 is 0 Å². The van der Waals surface area contributed by atoms with Crippen molar-refractivity contribution in [1.29, 1.82) is 0 Å². The number of ether oxygens (including phenoxy) is 1. The van der Waals surface area contributed by atoms with Gasteiger partial charge in [0.1, 0.15) is 5.82 Å². The number of benzene rings is 8. The third-order valence-corrected chi connectivity index (χ3v) is 17.6. The molecule has 3 aliphatic heterocycles. The van der Waals surface area contributed by atoms with Crippen LogP contribution in [0.15, 0.2) is 267 Å². The van der Waals surface area contributed by atoms with E-state index in [2.05, 4.69) is 250 Å². The Hall–Kier alpha value is -9.55. The number of hydrogen-bond donors (Lipinski definition) is 2. The first-order valence-corrected chi connectivity index (χ1v) is 31.8. The minimum absolute atomic E-state index is 0. The van der Waals surface area contributed by atoms with Crippen LogP contribution in [-0.4, -0.2) is 24.1 Å². The van der Waals surface area contributed by atoms with Crippen molar-refractivity contribution >= 4 is 70.1 Å². The molecule has 0 unspecified atom stereocenters. The quantitative estimate of drug-likeness (QED) is 0.0994. The van der Waals surface area contributed by atoms with Crippen molar-refractivity contribution in [3.8, 4) is 28.4 Å². The molecule has 0 saturated heterocycles. The maximum atomic E-state index is 9.58. The van der Waals surface area contributed by atoms with E-state index in [-0.39, 0.29) is 67.0 Å². The molecule has 8 aromatic carbocycles. The van der Waals surface area contributed by atoms with E-state index in [1.165, 1.54) is 16.7 Å². The van der Waals surface area contributed by atoms with Crippen molar-refractivity contribution < 1.29 is 31.3 Å². The van der Waals surface area contributed by atoms with Crippen molar-refractivity contribution in [3.05, 3.63) is 331 Å². The van der Waals surface area contributed by atoms with Gasteiger partial charge in [0.15, 0.2) is 14.6 Å². The van der Waals surface area contributed by atoms with Crippen LogP contribution in [0.1, 0.15) is 119 Å². The van der Waals surface area contributed by atoms with Gasteiger partial charge in [-0.25, -0.2) is 4.98 Å². The number of para-hydroxylation sites is 3. The van der Waals surface area contributed by atoms with Gasteiger partial charge in [-0.1, -0.05) is 212 Å². The first-order chi connectivity index (χ1) is 46.6. The van der Waals surface area contributed by atoms with Crippen molar-refractivity contribution in [3.63, 3.8) is 0 Å². The summed E-state index contributed by atoms with van der Waals surface area (Å²) in [6.45, 7) is 24.8. The molecule has 13 rings (SSSR count). The third-order valence-electron chi connectivity index (χ3n) is 17.6. The van der Waals surface area contributed by atoms with Gasteiger partial charge in [-0.15, -0.1) is 65.6 Å². The van der Waals surface area contributed by atoms with Crippen LogP contribution < -0.4 is 25.2 Å². The zero-order valence-electron chi connectivity index (χ0n) is 58.8.